The molecular weight excluding hydrogens is 506 g/mol. The number of phenolic OH excluding ortho intramolecular Hbond substituents is 2. The van der Waals surface area contributed by atoms with Gasteiger partial charge in [-0.2, -0.15) is 0 Å². The van der Waals surface area contributed by atoms with Gasteiger partial charge >= 0.3 is 6.09 Å². The zero-order valence-corrected chi connectivity index (χ0v) is 23.0. The van der Waals surface area contributed by atoms with Gasteiger partial charge in [-0.05, 0) is 32.4 Å². The second-order valence-corrected chi connectivity index (χ2v) is 9.40. The summed E-state index contributed by atoms with van der Waals surface area (Å²) in [4.78, 5) is 37.7. The van der Waals surface area contributed by atoms with E-state index in [0.717, 1.165) is 6.07 Å². The summed E-state index contributed by atoms with van der Waals surface area (Å²) in [6.45, 7) is 6.63. The van der Waals surface area contributed by atoms with Crippen LogP contribution < -0.4 is 16.8 Å². The number of anilines is 2. The number of nitrogens with two attached hydrogens (primary N) is 2. The lowest BCUT2D eigenvalue weighted by atomic mass is 9.93. The minimum atomic E-state index is -1.01. The van der Waals surface area contributed by atoms with E-state index in [2.05, 4.69) is 5.32 Å². The average molecular weight is 544 g/mol. The highest BCUT2D eigenvalue weighted by Gasteiger charge is 2.29. The van der Waals surface area contributed by atoms with Gasteiger partial charge in [-0.3, -0.25) is 9.59 Å². The predicted molar refractivity (Wildman–Crippen MR) is 148 cm³/mol. The minimum Gasteiger partial charge on any atom is -0.506 e. The zero-order chi connectivity index (χ0) is 29.4. The van der Waals surface area contributed by atoms with Gasteiger partial charge in [0.25, 0.3) is 5.91 Å². The molecule has 11 heteroatoms. The van der Waals surface area contributed by atoms with Crippen LogP contribution in [0.3, 0.4) is 0 Å². The predicted octanol–water partition coefficient (Wildman–Crippen LogP) is 3.57. The first-order valence-electron chi connectivity index (χ1n) is 12.2. The fraction of sp³-hybridized carbons (Fsp3) is 0.393. The van der Waals surface area contributed by atoms with Gasteiger partial charge in [0, 0.05) is 43.8 Å². The van der Waals surface area contributed by atoms with Crippen LogP contribution in [-0.4, -0.2) is 60.5 Å². The molecule has 0 saturated heterocycles. The van der Waals surface area contributed by atoms with Crippen molar-refractivity contribution in [3.63, 3.8) is 0 Å². The molecule has 0 aromatic heterocycles. The molecule has 0 saturated carbocycles. The van der Waals surface area contributed by atoms with Crippen LogP contribution in [0.5, 0.6) is 11.5 Å². The highest BCUT2D eigenvalue weighted by Crippen LogP contribution is 2.40. The molecule has 1 aromatic rings. The normalized spacial score (nSPS) is 28.2. The van der Waals surface area contributed by atoms with Crippen molar-refractivity contribution in [1.82, 2.24) is 0 Å². The lowest BCUT2D eigenvalue weighted by Crippen LogP contribution is -2.38. The van der Waals surface area contributed by atoms with Crippen LogP contribution in [0.1, 0.15) is 39.7 Å². The van der Waals surface area contributed by atoms with Gasteiger partial charge in [0.15, 0.2) is 5.78 Å². The number of methoxy groups -OCH3 is 2. The van der Waals surface area contributed by atoms with Gasteiger partial charge in [-0.25, -0.2) is 4.79 Å². The summed E-state index contributed by atoms with van der Waals surface area (Å²) in [5.74, 6) is -2.06. The fourth-order valence-corrected chi connectivity index (χ4v) is 4.18. The van der Waals surface area contributed by atoms with Crippen LogP contribution >= 0.6 is 0 Å². The molecule has 7 N–H and O–H groups in total. The van der Waals surface area contributed by atoms with Crippen molar-refractivity contribution in [2.24, 2.45) is 11.7 Å². The second kappa shape index (κ2) is 13.6. The quantitative estimate of drug-likeness (QED) is 0.216. The van der Waals surface area contributed by atoms with Crippen LogP contribution in [0.2, 0.25) is 0 Å². The van der Waals surface area contributed by atoms with Gasteiger partial charge in [-0.1, -0.05) is 36.8 Å². The highest BCUT2D eigenvalue weighted by molar-refractivity contribution is 6.05. The summed E-state index contributed by atoms with van der Waals surface area (Å²) < 4.78 is 16.3. The molecule has 1 aromatic carbocycles. The molecule has 0 fully saturated rings. The molecule has 1 unspecified atom stereocenters. The van der Waals surface area contributed by atoms with Crippen LogP contribution in [0, 0.1) is 5.92 Å². The first-order valence-corrected chi connectivity index (χ1v) is 12.2. The fourth-order valence-electron chi connectivity index (χ4n) is 4.18. The maximum Gasteiger partial charge on any atom is 0.404 e. The number of benzene rings is 1. The van der Waals surface area contributed by atoms with Gasteiger partial charge in [-0.15, -0.1) is 0 Å². The number of fused-ring (bicyclic) bond motifs is 2. The van der Waals surface area contributed by atoms with Gasteiger partial charge < -0.3 is 41.2 Å². The molecule has 39 heavy (non-hydrogen) atoms. The van der Waals surface area contributed by atoms with E-state index >= 15 is 0 Å². The van der Waals surface area contributed by atoms with E-state index in [1.807, 2.05) is 0 Å². The zero-order valence-electron chi connectivity index (χ0n) is 23.0. The number of primary amides is 1. The van der Waals surface area contributed by atoms with Gasteiger partial charge in [0.2, 0.25) is 0 Å². The molecule has 2 amide bonds. The molecule has 1 heterocycles. The number of carbonyl (C=O) groups is 3. The average Bonchev–Trinajstić information content (AvgIpc) is 2.88. The van der Waals surface area contributed by atoms with Crippen molar-refractivity contribution in [1.29, 1.82) is 0 Å². The number of hydrogen-bond donors (Lipinski definition) is 5. The number of nitrogen functional groups attached to an aromatic ring is 1. The number of rotatable bonds is 3. The Morgan fingerprint density at radius 2 is 1.77 bits per heavy atom. The van der Waals surface area contributed by atoms with Crippen LogP contribution in [-0.2, 0) is 23.8 Å². The molecule has 1 aliphatic rings. The molecule has 11 nitrogen and oxygen atoms in total. The monoisotopic (exact) mass is 543 g/mol. The number of ketones is 1. The number of amides is 2. The summed E-state index contributed by atoms with van der Waals surface area (Å²) in [5.41, 5.74) is 12.5. The molecule has 212 valence electrons. The Balaban J connectivity index is 2.70. The number of allylic oxidation sites excluding steroid dienone is 2. The smallest absolute Gasteiger partial charge is 0.404 e. The van der Waals surface area contributed by atoms with E-state index in [0.29, 0.717) is 11.1 Å². The molecule has 0 aliphatic carbocycles. The largest absolute Gasteiger partial charge is 0.506 e. The van der Waals surface area contributed by atoms with Crippen molar-refractivity contribution in [2.45, 2.75) is 52.4 Å². The van der Waals surface area contributed by atoms with Crippen LogP contribution in [0.15, 0.2) is 47.1 Å². The molecule has 2 bridgehead atoms. The third-order valence-electron chi connectivity index (χ3n) is 6.35. The van der Waals surface area contributed by atoms with Crippen molar-refractivity contribution in [2.75, 3.05) is 25.3 Å². The van der Waals surface area contributed by atoms with E-state index in [9.17, 15) is 24.6 Å². The first kappa shape index (κ1) is 31.1. The molecular formula is C28H37N3O8. The summed E-state index contributed by atoms with van der Waals surface area (Å²) in [6.07, 6.45) is 4.36. The van der Waals surface area contributed by atoms with Crippen molar-refractivity contribution in [3.05, 3.63) is 52.7 Å². The summed E-state index contributed by atoms with van der Waals surface area (Å²) in [7, 11) is 2.82. The Bertz CT molecular complexity index is 1230. The minimum absolute atomic E-state index is 0.0583. The SMILES string of the molecule is CO[C@H]1C/C(C)=C\c2c(N)c(O)cc(c2O)NC(=O)/C(C)=C\C=C/[C@H](OC)[C@@H](OC(N)=O)C(C)/C=C(/C)C1=O. The van der Waals surface area contributed by atoms with E-state index in [-0.39, 0.29) is 46.2 Å². The van der Waals surface area contributed by atoms with Gasteiger partial charge in [0.05, 0.1) is 11.4 Å². The number of ether oxygens (including phenoxy) is 3. The summed E-state index contributed by atoms with van der Waals surface area (Å²) in [5, 5.41) is 23.8. The highest BCUT2D eigenvalue weighted by atomic mass is 16.6. The lowest BCUT2D eigenvalue weighted by Gasteiger charge is -2.27. The third-order valence-corrected chi connectivity index (χ3v) is 6.35. The summed E-state index contributed by atoms with van der Waals surface area (Å²) >= 11 is 0. The molecule has 1 aliphatic heterocycles. The first-order chi connectivity index (χ1) is 18.3. The van der Waals surface area contributed by atoms with Gasteiger partial charge in [0.1, 0.15) is 29.8 Å². The van der Waals surface area contributed by atoms with E-state index in [1.165, 1.54) is 26.4 Å². The number of carbonyl (C=O) groups excluding carboxylic acids is 3. The Hall–Kier alpha value is -4.09. The lowest BCUT2D eigenvalue weighted by molar-refractivity contribution is -0.124. The Morgan fingerprint density at radius 1 is 1.10 bits per heavy atom. The number of aromatic hydroxyl groups is 2. The van der Waals surface area contributed by atoms with Crippen LogP contribution in [0.4, 0.5) is 16.2 Å². The third kappa shape index (κ3) is 7.95. The maximum absolute atomic E-state index is 13.3. The van der Waals surface area contributed by atoms with Crippen LogP contribution in [0.25, 0.3) is 6.08 Å². The Kier molecular flexibility index (Phi) is 10.9. The number of nitrogens with one attached hydrogen (secondary N) is 1. The Morgan fingerprint density at radius 3 is 2.36 bits per heavy atom. The standard InChI is InChI=1S/C28H37N3O8/c1-14-10-18-23(29)20(32)13-19(25(18)34)31-27(35)15(2)8-7-9-21(37-5)26(39-28(30)36)17(4)12-16(3)24(33)22(11-14)38-6/h7-10,12-13,17,21-22,26,32,34H,11,29H2,1-6H3,(H2,30,36)(H,31,35)/b9-7-,14-10-,15-8-,16-12-/t17?,21-,22-,26-/m0/s1. The number of Topliss-reactive ketones (excluding diaryl/α,β-unsaturated/α-hetero) is 1. The molecule has 4 atom stereocenters. The van der Waals surface area contributed by atoms with Crippen molar-refractivity contribution in [3.8, 4) is 11.5 Å². The number of phenols is 2. The van der Waals surface area contributed by atoms with E-state index in [4.69, 9.17) is 25.7 Å². The van der Waals surface area contributed by atoms with Crippen molar-refractivity contribution < 1.29 is 38.8 Å². The molecule has 0 spiro atoms. The second-order valence-electron chi connectivity index (χ2n) is 9.40. The topological polar surface area (TPSA) is 183 Å². The number of hydrogen-bond acceptors (Lipinski definition) is 9. The summed E-state index contributed by atoms with van der Waals surface area (Å²) in [6, 6.07) is 1.14. The molecule has 0 radical (unpaired) electrons. The Labute approximate surface area is 227 Å². The molecule has 2 rings (SSSR count). The maximum atomic E-state index is 13.3. The van der Waals surface area contributed by atoms with E-state index < -0.39 is 36.2 Å². The van der Waals surface area contributed by atoms with E-state index in [1.54, 1.807) is 45.9 Å². The van der Waals surface area contributed by atoms with Crippen molar-refractivity contribution >= 4 is 35.2 Å².